The fraction of sp³-hybridized carbons (Fsp3) is 0.261. The first-order valence-electron chi connectivity index (χ1n) is 10.1. The van der Waals surface area contributed by atoms with Gasteiger partial charge in [0, 0.05) is 17.8 Å². The van der Waals surface area contributed by atoms with Gasteiger partial charge in [0.15, 0.2) is 5.76 Å². The molecule has 0 amide bonds. The molecule has 5 rings (SSSR count). The van der Waals surface area contributed by atoms with E-state index in [-0.39, 0.29) is 0 Å². The van der Waals surface area contributed by atoms with Crippen molar-refractivity contribution in [3.63, 3.8) is 0 Å². The van der Waals surface area contributed by atoms with E-state index in [4.69, 9.17) is 9.51 Å². The molecule has 8 heteroatoms. The number of thiophene rings is 1. The minimum Gasteiger partial charge on any atom is -0.354 e. The highest BCUT2D eigenvalue weighted by molar-refractivity contribution is 7.13. The van der Waals surface area contributed by atoms with Gasteiger partial charge in [-0.1, -0.05) is 11.2 Å². The van der Waals surface area contributed by atoms with Crippen LogP contribution in [0.15, 0.2) is 52.6 Å². The summed E-state index contributed by atoms with van der Waals surface area (Å²) < 4.78 is 5.59. The van der Waals surface area contributed by atoms with E-state index in [9.17, 15) is 5.26 Å². The predicted octanol–water partition coefficient (Wildman–Crippen LogP) is 4.38. The summed E-state index contributed by atoms with van der Waals surface area (Å²) >= 11 is 1.61. The molecule has 31 heavy (non-hydrogen) atoms. The molecule has 1 aliphatic heterocycles. The van der Waals surface area contributed by atoms with Crippen LogP contribution in [0, 0.1) is 18.3 Å². The van der Waals surface area contributed by atoms with Crippen molar-refractivity contribution in [2.75, 3.05) is 13.1 Å². The molecule has 7 nitrogen and oxygen atoms in total. The van der Waals surface area contributed by atoms with Crippen molar-refractivity contribution in [1.82, 2.24) is 25.4 Å². The molecule has 1 aliphatic rings. The highest BCUT2D eigenvalue weighted by atomic mass is 32.1. The number of hydrogen-bond acceptors (Lipinski definition) is 8. The van der Waals surface area contributed by atoms with Gasteiger partial charge in [-0.15, -0.1) is 11.3 Å². The van der Waals surface area contributed by atoms with Gasteiger partial charge in [0.1, 0.15) is 16.8 Å². The van der Waals surface area contributed by atoms with E-state index < -0.39 is 5.41 Å². The molecule has 0 aliphatic carbocycles. The molecule has 0 atom stereocenters. The SMILES string of the molecule is Cc1ncc(-c2ccnc(C3(C#N)CCNCC3)c2)nc1-c1cc(-c2cccs2)no1. The van der Waals surface area contributed by atoms with Crippen LogP contribution in [0.2, 0.25) is 0 Å². The fourth-order valence-electron chi connectivity index (χ4n) is 3.88. The van der Waals surface area contributed by atoms with E-state index in [0.717, 1.165) is 53.5 Å². The first-order valence-corrected chi connectivity index (χ1v) is 11.0. The smallest absolute Gasteiger partial charge is 0.187 e. The highest BCUT2D eigenvalue weighted by Crippen LogP contribution is 2.34. The topological polar surface area (TPSA) is 101 Å². The Morgan fingerprint density at radius 1 is 1.16 bits per heavy atom. The second-order valence-corrected chi connectivity index (χ2v) is 8.56. The first-order chi connectivity index (χ1) is 15.2. The van der Waals surface area contributed by atoms with Crippen molar-refractivity contribution >= 4 is 11.3 Å². The van der Waals surface area contributed by atoms with Crippen LogP contribution in [0.3, 0.4) is 0 Å². The van der Waals surface area contributed by atoms with Gasteiger partial charge >= 0.3 is 0 Å². The zero-order chi connectivity index (χ0) is 21.3. The van der Waals surface area contributed by atoms with Crippen LogP contribution < -0.4 is 5.32 Å². The molecule has 0 radical (unpaired) electrons. The monoisotopic (exact) mass is 428 g/mol. The molecule has 5 heterocycles. The molecule has 4 aromatic rings. The van der Waals surface area contributed by atoms with Crippen molar-refractivity contribution in [2.24, 2.45) is 0 Å². The van der Waals surface area contributed by atoms with Crippen molar-refractivity contribution in [1.29, 1.82) is 5.26 Å². The predicted molar refractivity (Wildman–Crippen MR) is 118 cm³/mol. The number of nitrogens with one attached hydrogen (secondary N) is 1. The van der Waals surface area contributed by atoms with Gasteiger partial charge in [-0.25, -0.2) is 4.98 Å². The summed E-state index contributed by atoms with van der Waals surface area (Å²) in [7, 11) is 0. The number of nitrogens with zero attached hydrogens (tertiary/aromatic N) is 5. The van der Waals surface area contributed by atoms with Crippen molar-refractivity contribution in [3.8, 4) is 39.4 Å². The number of hydrogen-bond donors (Lipinski definition) is 1. The van der Waals surface area contributed by atoms with Gasteiger partial charge in [0.05, 0.1) is 34.2 Å². The number of aryl methyl sites for hydroxylation is 1. The van der Waals surface area contributed by atoms with Crippen LogP contribution in [0.5, 0.6) is 0 Å². The molecule has 1 N–H and O–H groups in total. The molecule has 1 fully saturated rings. The van der Waals surface area contributed by atoms with E-state index in [1.807, 2.05) is 42.6 Å². The third-order valence-electron chi connectivity index (χ3n) is 5.69. The Bertz CT molecular complexity index is 1250. The fourth-order valence-corrected chi connectivity index (χ4v) is 4.56. The normalized spacial score (nSPS) is 15.5. The Morgan fingerprint density at radius 3 is 2.81 bits per heavy atom. The van der Waals surface area contributed by atoms with E-state index in [1.165, 1.54) is 0 Å². The van der Waals surface area contributed by atoms with E-state index in [1.54, 1.807) is 23.7 Å². The lowest BCUT2D eigenvalue weighted by Gasteiger charge is -2.30. The maximum absolute atomic E-state index is 9.90. The van der Waals surface area contributed by atoms with Crippen molar-refractivity contribution in [3.05, 3.63) is 59.5 Å². The van der Waals surface area contributed by atoms with Crippen molar-refractivity contribution < 1.29 is 4.52 Å². The third kappa shape index (κ3) is 3.63. The standard InChI is InChI=1S/C23H20N6OS/c1-15-22(19-12-17(29-30-19)20-3-2-10-31-20)28-18(13-27-15)16-4-7-26-21(11-16)23(14-24)5-8-25-9-6-23/h2-4,7,10-13,25H,5-6,8-9H2,1H3. The summed E-state index contributed by atoms with van der Waals surface area (Å²) in [6.45, 7) is 3.52. The van der Waals surface area contributed by atoms with E-state index in [0.29, 0.717) is 17.1 Å². The maximum Gasteiger partial charge on any atom is 0.187 e. The summed E-state index contributed by atoms with van der Waals surface area (Å²) in [4.78, 5) is 14.9. The van der Waals surface area contributed by atoms with Gasteiger partial charge in [-0.3, -0.25) is 9.97 Å². The largest absolute Gasteiger partial charge is 0.354 e. The molecule has 1 saturated heterocycles. The Hall–Kier alpha value is -3.41. The van der Waals surface area contributed by atoms with Crippen LogP contribution in [-0.2, 0) is 5.41 Å². The third-order valence-corrected chi connectivity index (χ3v) is 6.58. The Kier molecular flexibility index (Phi) is 5.06. The molecule has 0 saturated carbocycles. The van der Waals surface area contributed by atoms with E-state index in [2.05, 4.69) is 26.5 Å². The molecule has 0 unspecified atom stereocenters. The lowest BCUT2D eigenvalue weighted by molar-refractivity contribution is 0.375. The second-order valence-electron chi connectivity index (χ2n) is 7.62. The van der Waals surface area contributed by atoms with Gasteiger partial charge < -0.3 is 9.84 Å². The number of rotatable bonds is 4. The molecule has 4 aromatic heterocycles. The Balaban J connectivity index is 1.52. The van der Waals surface area contributed by atoms with E-state index >= 15 is 0 Å². The summed E-state index contributed by atoms with van der Waals surface area (Å²) in [5, 5.41) is 19.4. The van der Waals surface area contributed by atoms with Crippen LogP contribution in [0.4, 0.5) is 0 Å². The molecule has 0 aromatic carbocycles. The number of aromatic nitrogens is 4. The van der Waals surface area contributed by atoms with Crippen LogP contribution in [0.25, 0.3) is 33.3 Å². The molecule has 154 valence electrons. The Morgan fingerprint density at radius 2 is 2.03 bits per heavy atom. The number of nitriles is 1. The molecule has 0 bridgehead atoms. The average Bonchev–Trinajstić information content (AvgIpc) is 3.52. The molecule has 0 spiro atoms. The zero-order valence-electron chi connectivity index (χ0n) is 17.0. The quantitative estimate of drug-likeness (QED) is 0.515. The summed E-state index contributed by atoms with van der Waals surface area (Å²) in [6, 6.07) is 12.3. The lowest BCUT2D eigenvalue weighted by Crippen LogP contribution is -2.39. The Labute approximate surface area is 183 Å². The van der Waals surface area contributed by atoms with Crippen molar-refractivity contribution in [2.45, 2.75) is 25.2 Å². The van der Waals surface area contributed by atoms with Gasteiger partial charge in [-0.2, -0.15) is 5.26 Å². The van der Waals surface area contributed by atoms with Gasteiger partial charge in [0.2, 0.25) is 0 Å². The summed E-state index contributed by atoms with van der Waals surface area (Å²) in [6.07, 6.45) is 4.98. The van der Waals surface area contributed by atoms with Crippen LogP contribution in [0.1, 0.15) is 24.2 Å². The first kappa shape index (κ1) is 19.5. The minimum absolute atomic E-state index is 0.567. The summed E-state index contributed by atoms with van der Waals surface area (Å²) in [5.41, 5.74) is 4.01. The lowest BCUT2D eigenvalue weighted by atomic mass is 9.77. The van der Waals surface area contributed by atoms with Gasteiger partial charge in [0.25, 0.3) is 0 Å². The number of piperidine rings is 1. The second kappa shape index (κ2) is 8.02. The van der Waals surface area contributed by atoms with Crippen LogP contribution >= 0.6 is 11.3 Å². The molecular weight excluding hydrogens is 408 g/mol. The highest BCUT2D eigenvalue weighted by Gasteiger charge is 2.35. The number of pyridine rings is 1. The maximum atomic E-state index is 9.90. The van der Waals surface area contributed by atoms with Crippen LogP contribution in [-0.4, -0.2) is 33.2 Å². The minimum atomic E-state index is -0.567. The average molecular weight is 429 g/mol. The summed E-state index contributed by atoms with van der Waals surface area (Å²) in [5.74, 6) is 0.580. The molecular formula is C23H20N6OS. The van der Waals surface area contributed by atoms with Gasteiger partial charge in [-0.05, 0) is 56.4 Å². The zero-order valence-corrected chi connectivity index (χ0v) is 17.8.